The van der Waals surface area contributed by atoms with Crippen molar-refractivity contribution < 1.29 is 22.3 Å². The quantitative estimate of drug-likeness (QED) is 0.568. The summed E-state index contributed by atoms with van der Waals surface area (Å²) in [6, 6.07) is 17.4. The second kappa shape index (κ2) is 8.53. The average molecular weight is 415 g/mol. The van der Waals surface area contributed by atoms with Gasteiger partial charge in [0.25, 0.3) is 10.0 Å². The van der Waals surface area contributed by atoms with Gasteiger partial charge in [-0.3, -0.25) is 4.31 Å². The predicted molar refractivity (Wildman–Crippen MR) is 110 cm³/mol. The normalized spacial score (nSPS) is 11.2. The monoisotopic (exact) mass is 415 g/mol. The van der Waals surface area contributed by atoms with Gasteiger partial charge in [-0.1, -0.05) is 30.3 Å². The molecule has 0 radical (unpaired) electrons. The zero-order chi connectivity index (χ0) is 21.0. The van der Waals surface area contributed by atoms with Gasteiger partial charge in [-0.2, -0.15) is 0 Å². The molecule has 0 saturated carbocycles. The highest BCUT2D eigenvalue weighted by Crippen LogP contribution is 2.33. The molecule has 0 fully saturated rings. The van der Waals surface area contributed by atoms with Crippen molar-refractivity contribution in [1.29, 1.82) is 0 Å². The van der Waals surface area contributed by atoms with Crippen molar-refractivity contribution >= 4 is 15.7 Å². The first-order valence-electron chi connectivity index (χ1n) is 8.91. The number of nitrogens with zero attached hydrogens (tertiary/aromatic N) is 1. The fraction of sp³-hybridized carbons (Fsp3) is 0.182. The Balaban J connectivity index is 2.16. The van der Waals surface area contributed by atoms with Crippen LogP contribution in [-0.2, 0) is 16.6 Å². The Bertz CT molecular complexity index is 1080. The number of rotatable bonds is 7. The molecule has 7 heteroatoms. The number of benzene rings is 3. The average Bonchev–Trinajstić information content (AvgIpc) is 2.72. The largest absolute Gasteiger partial charge is 0.497 e. The first-order chi connectivity index (χ1) is 13.8. The number of anilines is 1. The Morgan fingerprint density at radius 1 is 0.897 bits per heavy atom. The van der Waals surface area contributed by atoms with Crippen molar-refractivity contribution in [3.05, 3.63) is 83.7 Å². The summed E-state index contributed by atoms with van der Waals surface area (Å²) in [5.41, 5.74) is 1.66. The van der Waals surface area contributed by atoms with Crippen LogP contribution in [0.1, 0.15) is 11.1 Å². The van der Waals surface area contributed by atoms with Crippen molar-refractivity contribution in [2.75, 3.05) is 18.5 Å². The first kappa shape index (κ1) is 20.7. The van der Waals surface area contributed by atoms with Crippen LogP contribution in [0.25, 0.3) is 0 Å². The van der Waals surface area contributed by atoms with E-state index in [4.69, 9.17) is 9.47 Å². The van der Waals surface area contributed by atoms with E-state index in [1.807, 2.05) is 0 Å². The Labute approximate surface area is 170 Å². The van der Waals surface area contributed by atoms with E-state index in [2.05, 4.69) is 0 Å². The SMILES string of the molecule is COc1cc(OC)cc(N(Cc2ccc(F)cc2)S(=O)(=O)c2ccccc2C)c1. The minimum atomic E-state index is -3.91. The van der Waals surface area contributed by atoms with Crippen molar-refractivity contribution in [1.82, 2.24) is 0 Å². The van der Waals surface area contributed by atoms with Gasteiger partial charge in [0.15, 0.2) is 0 Å². The van der Waals surface area contributed by atoms with Crippen LogP contribution in [0, 0.1) is 12.7 Å². The van der Waals surface area contributed by atoms with Crippen molar-refractivity contribution in [3.8, 4) is 11.5 Å². The van der Waals surface area contributed by atoms with E-state index in [0.29, 0.717) is 28.3 Å². The highest BCUT2D eigenvalue weighted by Gasteiger charge is 2.27. The molecule has 0 N–H and O–H groups in total. The lowest BCUT2D eigenvalue weighted by atomic mass is 10.2. The summed E-state index contributed by atoms with van der Waals surface area (Å²) in [6.45, 7) is 1.77. The van der Waals surface area contributed by atoms with Gasteiger partial charge in [-0.15, -0.1) is 0 Å². The number of hydrogen-bond donors (Lipinski definition) is 0. The van der Waals surface area contributed by atoms with E-state index in [0.717, 1.165) is 0 Å². The molecule has 3 aromatic carbocycles. The smallest absolute Gasteiger partial charge is 0.264 e. The summed E-state index contributed by atoms with van der Waals surface area (Å²) in [6.07, 6.45) is 0. The van der Waals surface area contributed by atoms with Gasteiger partial charge < -0.3 is 9.47 Å². The van der Waals surface area contributed by atoms with Gasteiger partial charge in [0.2, 0.25) is 0 Å². The van der Waals surface area contributed by atoms with Crippen LogP contribution in [0.3, 0.4) is 0 Å². The molecule has 3 aromatic rings. The Kier molecular flexibility index (Phi) is 6.08. The topological polar surface area (TPSA) is 55.8 Å². The van der Waals surface area contributed by atoms with Crippen molar-refractivity contribution in [2.45, 2.75) is 18.4 Å². The molecule has 0 heterocycles. The van der Waals surface area contributed by atoms with Crippen LogP contribution >= 0.6 is 0 Å². The van der Waals surface area contributed by atoms with Crippen LogP contribution in [0.4, 0.5) is 10.1 Å². The maximum atomic E-state index is 13.6. The number of methoxy groups -OCH3 is 2. The molecular formula is C22H22FNO4S. The molecule has 0 aliphatic heterocycles. The van der Waals surface area contributed by atoms with Crippen LogP contribution in [0.2, 0.25) is 0 Å². The van der Waals surface area contributed by atoms with Crippen LogP contribution in [-0.4, -0.2) is 22.6 Å². The lowest BCUT2D eigenvalue weighted by Gasteiger charge is -2.26. The summed E-state index contributed by atoms with van der Waals surface area (Å²) in [5, 5.41) is 0. The van der Waals surface area contributed by atoms with Crippen molar-refractivity contribution in [3.63, 3.8) is 0 Å². The van der Waals surface area contributed by atoms with Crippen LogP contribution < -0.4 is 13.8 Å². The van der Waals surface area contributed by atoms with Gasteiger partial charge in [0.1, 0.15) is 17.3 Å². The number of sulfonamides is 1. The minimum Gasteiger partial charge on any atom is -0.497 e. The van der Waals surface area contributed by atoms with Gasteiger partial charge in [0.05, 0.1) is 31.3 Å². The predicted octanol–water partition coefficient (Wildman–Crippen LogP) is 4.55. The molecule has 0 spiro atoms. The Morgan fingerprint density at radius 2 is 1.48 bits per heavy atom. The highest BCUT2D eigenvalue weighted by atomic mass is 32.2. The lowest BCUT2D eigenvalue weighted by Crippen LogP contribution is -2.31. The third kappa shape index (κ3) is 4.51. The summed E-state index contributed by atoms with van der Waals surface area (Å²) >= 11 is 0. The van der Waals surface area contributed by atoms with E-state index in [-0.39, 0.29) is 17.3 Å². The molecule has 152 valence electrons. The standard InChI is InChI=1S/C22H22FNO4S/c1-16-6-4-5-7-22(16)29(25,26)24(15-17-8-10-18(23)11-9-17)19-12-20(27-2)14-21(13-19)28-3/h4-14H,15H2,1-3H3. The number of halogens is 1. The molecule has 0 aromatic heterocycles. The van der Waals surface area contributed by atoms with Gasteiger partial charge in [-0.25, -0.2) is 12.8 Å². The van der Waals surface area contributed by atoms with E-state index >= 15 is 0 Å². The molecule has 0 atom stereocenters. The molecule has 5 nitrogen and oxygen atoms in total. The molecule has 0 aliphatic carbocycles. The minimum absolute atomic E-state index is 0.0211. The summed E-state index contributed by atoms with van der Waals surface area (Å²) in [4.78, 5) is 0.198. The Hall–Kier alpha value is -3.06. The third-order valence-electron chi connectivity index (χ3n) is 4.53. The zero-order valence-electron chi connectivity index (χ0n) is 16.4. The molecule has 0 saturated heterocycles. The van der Waals surface area contributed by atoms with E-state index in [9.17, 15) is 12.8 Å². The number of ether oxygens (including phenoxy) is 2. The summed E-state index contributed by atoms with van der Waals surface area (Å²) in [5.74, 6) is 0.539. The summed E-state index contributed by atoms with van der Waals surface area (Å²) < 4.78 is 52.4. The van der Waals surface area contributed by atoms with Gasteiger partial charge in [-0.05, 0) is 36.2 Å². The number of hydrogen-bond acceptors (Lipinski definition) is 4. The van der Waals surface area contributed by atoms with E-state index in [1.165, 1.54) is 30.7 Å². The summed E-state index contributed by atoms with van der Waals surface area (Å²) in [7, 11) is -0.917. The molecular weight excluding hydrogens is 393 g/mol. The second-order valence-corrected chi connectivity index (χ2v) is 8.31. The maximum Gasteiger partial charge on any atom is 0.264 e. The van der Waals surface area contributed by atoms with E-state index < -0.39 is 10.0 Å². The fourth-order valence-corrected chi connectivity index (χ4v) is 4.64. The highest BCUT2D eigenvalue weighted by molar-refractivity contribution is 7.92. The maximum absolute atomic E-state index is 13.6. The Morgan fingerprint density at radius 3 is 2.03 bits per heavy atom. The van der Waals surface area contributed by atoms with Crippen LogP contribution in [0.5, 0.6) is 11.5 Å². The third-order valence-corrected chi connectivity index (χ3v) is 6.46. The molecule has 0 unspecified atom stereocenters. The molecule has 0 bridgehead atoms. The fourth-order valence-electron chi connectivity index (χ4n) is 2.97. The molecule has 3 rings (SSSR count). The zero-order valence-corrected chi connectivity index (χ0v) is 17.2. The lowest BCUT2D eigenvalue weighted by molar-refractivity contribution is 0.394. The molecule has 0 aliphatic rings. The molecule has 29 heavy (non-hydrogen) atoms. The van der Waals surface area contributed by atoms with Gasteiger partial charge >= 0.3 is 0 Å². The van der Waals surface area contributed by atoms with Crippen LogP contribution in [0.15, 0.2) is 71.6 Å². The second-order valence-electron chi connectivity index (χ2n) is 6.47. The van der Waals surface area contributed by atoms with Gasteiger partial charge in [0, 0.05) is 18.2 Å². The first-order valence-corrected chi connectivity index (χ1v) is 10.3. The van der Waals surface area contributed by atoms with Crippen molar-refractivity contribution in [2.24, 2.45) is 0 Å². The number of aryl methyl sites for hydroxylation is 1. The van der Waals surface area contributed by atoms with E-state index in [1.54, 1.807) is 61.5 Å². The molecule has 0 amide bonds.